The van der Waals surface area contributed by atoms with E-state index in [1.165, 1.54) is 34.1 Å². The molecule has 0 atom stereocenters. The van der Waals surface area contributed by atoms with Gasteiger partial charge >= 0.3 is 53.6 Å². The molecule has 28 nitrogen and oxygen atoms in total. The van der Waals surface area contributed by atoms with Gasteiger partial charge in [0, 0.05) is 122 Å². The molecule has 39 heteroatoms. The largest absolute Gasteiger partial charge is 1.00 e. The molecule has 8 aromatic carbocycles. The van der Waals surface area contributed by atoms with Crippen LogP contribution in [0.2, 0.25) is 15.1 Å². The Balaban J connectivity index is -0.000000536. The SMILES string of the molecule is C.C.C.CC(C)(C)OC(=O)CBr.CC(C)(C)OC(=O)CN(CCC#N)c1ccccc1.CC(C)CCC(=O)NCc1cccc(Cl)c1F.CC(C)N(CC(=O)NCc1cccc(Cl)c1F)C(=O)CN(CCC#N)c1ccccc1.CC(C)N(CC(=O)NCc1cccc(Cl)c1F)C(=O)CN(CCC(N)=O)c1ccccc1.N#CCCN(CC(=O)O)c1ccccc1.N#CCCNc1ccccc1.O=CC(F)(F)F.[H-].[Na+]. The molecular formula is C105H138BrCl3F6N15NaO13. The summed E-state index contributed by atoms with van der Waals surface area (Å²) in [6, 6.07) is 68.9. The van der Waals surface area contributed by atoms with Gasteiger partial charge in [-0.1, -0.05) is 214 Å². The molecule has 0 heterocycles. The second kappa shape index (κ2) is 77.1. The Kier molecular flexibility index (Phi) is 73.8. The number of anilines is 5. The van der Waals surface area contributed by atoms with Crippen LogP contribution in [0.4, 0.5) is 54.8 Å². The number of rotatable bonds is 40. The maximum Gasteiger partial charge on any atom is 1.00 e. The van der Waals surface area contributed by atoms with Gasteiger partial charge in [-0.05, 0) is 160 Å². The smallest absolute Gasteiger partial charge is 1.00 e. The van der Waals surface area contributed by atoms with Crippen molar-refractivity contribution >= 4 is 139 Å². The number of carboxylic acids is 1. The zero-order valence-electron chi connectivity index (χ0n) is 82.7. The summed E-state index contributed by atoms with van der Waals surface area (Å²) in [4.78, 5) is 125. The van der Waals surface area contributed by atoms with Crippen molar-refractivity contribution in [1.82, 2.24) is 25.8 Å². The number of carbonyl (C=O) groups excluding carboxylic acids is 9. The zero-order chi connectivity index (χ0) is 105. The standard InChI is InChI=1S/C23H28ClFN4O3.C23H26ClFN4O2.C15H20N2O2.C13H17ClFNO.C11H12N2O2.C9H10N2.C6H11BrO2.C2HF3O.3CH4.Na.H/c1-16(2)29(14-21(31)27-13-17-7-6-10-19(24)23(17)25)22(32)15-28(12-11-20(26)30)18-8-4-3-5-9-18;1-17(2)29(15-21(30)27-14-18-8-6-11-20(24)23(18)25)22(31)16-28(13-7-12-26)19-9-4-3-5-10-19;1-15(2,3)19-14(18)12-17(11-7-10-16)13-8-5-4-6-9-13;1-9(2)6-7-12(17)16-8-10-4-3-5-11(14)13(10)15;12-7-4-8-13(9-11(14)15)10-5-2-1-3-6-10;10-7-4-8-11-9-5-2-1-3-6-9;1-6(2,3)9-5(8)4-7;3-2(4,5)1-6;;;;;/h3-10,16H,11-15H2,1-2H3,(H2,26,30)(H,27,31);3-6,8-11,17H,7,13-16H2,1-2H3,(H,27,30);4-6,8-9H,7,11-12H2,1-3H3;3-5,9H,6-8H2,1-2H3,(H,16,17);1-3,5-6H,4,8-9H2,(H,14,15);1-3,5-6,11H,4,8H2;4H2,1-3H3;1H;3*1H4;;/q;;;;;;;;;;;+1;-1. The number of benzene rings is 8. The van der Waals surface area contributed by atoms with Gasteiger partial charge in [-0.15, -0.1) is 0 Å². The van der Waals surface area contributed by atoms with Gasteiger partial charge in [0.05, 0.1) is 91.2 Å². The van der Waals surface area contributed by atoms with Crippen molar-refractivity contribution in [2.24, 2.45) is 11.7 Å². The van der Waals surface area contributed by atoms with Gasteiger partial charge in [-0.3, -0.25) is 47.9 Å². The number of amides is 6. The number of nitrogens with one attached hydrogen (secondary N) is 4. The molecule has 0 unspecified atom stereocenters. The summed E-state index contributed by atoms with van der Waals surface area (Å²) in [6.07, 6.45) is -2.78. The average molecular weight is 2140 g/mol. The molecule has 0 bridgehead atoms. The van der Waals surface area contributed by atoms with Crippen LogP contribution < -0.4 is 76.2 Å². The Morgan fingerprint density at radius 2 is 0.743 bits per heavy atom. The minimum absolute atomic E-state index is 0. The maximum atomic E-state index is 14.0. The van der Waals surface area contributed by atoms with Crippen molar-refractivity contribution in [3.63, 3.8) is 0 Å². The molecule has 0 spiro atoms. The predicted octanol–water partition coefficient (Wildman–Crippen LogP) is 17.7. The number of carboxylic acid groups (broad SMARTS) is 1. The number of ether oxygens (including phenoxy) is 2. The number of hydrogen-bond donors (Lipinski definition) is 6. The van der Waals surface area contributed by atoms with Gasteiger partial charge in [0.15, 0.2) is 0 Å². The normalized spacial score (nSPS) is 10.1. The molecule has 0 aliphatic rings. The van der Waals surface area contributed by atoms with Crippen LogP contribution in [0.1, 0.15) is 168 Å². The minimum atomic E-state index is -4.64. The number of carbonyl (C=O) groups is 10. The average Bonchev–Trinajstić information content (AvgIpc) is 0.853. The molecule has 8 rings (SSSR count). The number of primary amides is 1. The van der Waals surface area contributed by atoms with Crippen LogP contribution in [0.3, 0.4) is 0 Å². The number of aldehydes is 1. The molecule has 0 aromatic heterocycles. The van der Waals surface area contributed by atoms with Gasteiger partial charge in [0.25, 0.3) is 0 Å². The van der Waals surface area contributed by atoms with Gasteiger partial charge in [-0.25, -0.2) is 13.2 Å². The van der Waals surface area contributed by atoms with Crippen molar-refractivity contribution < 1.29 is 120 Å². The number of halogens is 10. The summed E-state index contributed by atoms with van der Waals surface area (Å²) in [5.41, 5.74) is 9.79. The van der Waals surface area contributed by atoms with Crippen LogP contribution in [0.25, 0.3) is 0 Å². The molecule has 782 valence electrons. The van der Waals surface area contributed by atoms with Gasteiger partial charge in [-0.2, -0.15) is 34.2 Å². The van der Waals surface area contributed by atoms with Crippen molar-refractivity contribution in [2.75, 3.05) is 102 Å². The molecule has 0 aliphatic carbocycles. The third-order valence-corrected chi connectivity index (χ3v) is 19.6. The number of nitrogens with two attached hydrogens (primary N) is 1. The van der Waals surface area contributed by atoms with Crippen molar-refractivity contribution in [3.8, 4) is 24.3 Å². The second-order valence-corrected chi connectivity index (χ2v) is 34.9. The molecular weight excluding hydrogens is 2000 g/mol. The Morgan fingerprint density at radius 3 is 1.02 bits per heavy atom. The van der Waals surface area contributed by atoms with Crippen LogP contribution in [0.5, 0.6) is 0 Å². The molecule has 0 fully saturated rings. The van der Waals surface area contributed by atoms with E-state index in [4.69, 9.17) is 81.0 Å². The van der Waals surface area contributed by atoms with Crippen LogP contribution >= 0.6 is 50.7 Å². The molecule has 7 N–H and O–H groups in total. The third-order valence-electron chi connectivity index (χ3n) is 18.3. The predicted molar refractivity (Wildman–Crippen MR) is 558 cm³/mol. The molecule has 8 aromatic rings. The van der Waals surface area contributed by atoms with E-state index in [1.54, 1.807) is 54.0 Å². The Bertz CT molecular complexity index is 5270. The number of aliphatic carboxylic acids is 1. The quantitative estimate of drug-likeness (QED) is 0.00519. The van der Waals surface area contributed by atoms with Crippen LogP contribution in [0, 0.1) is 68.7 Å². The van der Waals surface area contributed by atoms with Crippen LogP contribution in [0.15, 0.2) is 206 Å². The first-order valence-electron chi connectivity index (χ1n) is 44.3. The van der Waals surface area contributed by atoms with Crippen LogP contribution in [-0.2, 0) is 77.1 Å². The second-order valence-electron chi connectivity index (χ2n) is 33.2. The summed E-state index contributed by atoms with van der Waals surface area (Å²) >= 11 is 20.2. The summed E-state index contributed by atoms with van der Waals surface area (Å²) in [7, 11) is 0. The first-order chi connectivity index (χ1) is 66.1. The van der Waals surface area contributed by atoms with Crippen LogP contribution in [-0.4, -0.2) is 181 Å². The van der Waals surface area contributed by atoms with E-state index in [0.29, 0.717) is 56.8 Å². The van der Waals surface area contributed by atoms with Gasteiger partial charge < -0.3 is 72.4 Å². The van der Waals surface area contributed by atoms with E-state index in [0.717, 1.165) is 41.4 Å². The number of para-hydroxylation sites is 5. The zero-order valence-corrected chi connectivity index (χ0v) is 87.5. The van der Waals surface area contributed by atoms with E-state index in [9.17, 15) is 69.5 Å². The van der Waals surface area contributed by atoms with Crippen molar-refractivity contribution in [2.45, 2.75) is 199 Å². The van der Waals surface area contributed by atoms with E-state index in [-0.39, 0.29) is 210 Å². The number of nitrogens with zero attached hydrogens (tertiary/aromatic N) is 10. The maximum absolute atomic E-state index is 14.0. The summed E-state index contributed by atoms with van der Waals surface area (Å²) < 4.78 is 83.0. The van der Waals surface area contributed by atoms with Crippen molar-refractivity contribution in [1.29, 1.82) is 21.0 Å². The van der Waals surface area contributed by atoms with E-state index < -0.39 is 59.2 Å². The number of alkyl halides is 4. The number of hydrogen-bond acceptors (Lipinski definition) is 21. The van der Waals surface area contributed by atoms with E-state index in [2.05, 4.69) is 69.3 Å². The monoisotopic (exact) mass is 2140 g/mol. The van der Waals surface area contributed by atoms with E-state index >= 15 is 0 Å². The summed E-state index contributed by atoms with van der Waals surface area (Å²) in [5, 5.41) is 54.5. The Hall–Kier alpha value is -12.5. The summed E-state index contributed by atoms with van der Waals surface area (Å²) in [6.45, 7) is 24.6. The fourth-order valence-corrected chi connectivity index (χ4v) is 12.3. The third kappa shape index (κ3) is 64.2. The summed E-state index contributed by atoms with van der Waals surface area (Å²) in [5.74, 6) is -4.38. The molecule has 0 aliphatic heterocycles. The topological polar surface area (TPSA) is 398 Å². The number of esters is 2. The minimum Gasteiger partial charge on any atom is -1.00 e. The Labute approximate surface area is 892 Å². The molecule has 0 radical (unpaired) electrons. The van der Waals surface area contributed by atoms with E-state index in [1.807, 2.05) is 223 Å². The first kappa shape index (κ1) is 138. The number of nitriles is 4. The molecule has 144 heavy (non-hydrogen) atoms. The fraction of sp³-hybridized carbons (Fsp3) is 0.410. The van der Waals surface area contributed by atoms with Gasteiger partial charge in [0.1, 0.15) is 47.1 Å². The van der Waals surface area contributed by atoms with Gasteiger partial charge in [0.2, 0.25) is 41.7 Å². The molecule has 6 amide bonds. The molecule has 0 saturated heterocycles. The molecule has 0 saturated carbocycles. The Morgan fingerprint density at radius 1 is 0.444 bits per heavy atom. The first-order valence-corrected chi connectivity index (χ1v) is 46.6. The fourth-order valence-electron chi connectivity index (χ4n) is 11.6. The van der Waals surface area contributed by atoms with Crippen molar-refractivity contribution in [3.05, 3.63) is 255 Å².